The molecule has 1 fully saturated rings. The highest BCUT2D eigenvalue weighted by Gasteiger charge is 2.21. The van der Waals surface area contributed by atoms with E-state index >= 15 is 0 Å². The van der Waals surface area contributed by atoms with Crippen LogP contribution in [0.2, 0.25) is 0 Å². The highest BCUT2D eigenvalue weighted by molar-refractivity contribution is 8.39. The fourth-order valence-corrected chi connectivity index (χ4v) is 5.11. The van der Waals surface area contributed by atoms with Gasteiger partial charge in [0.25, 0.3) is 10.0 Å². The quantitative estimate of drug-likeness (QED) is 0.833. The van der Waals surface area contributed by atoms with Crippen molar-refractivity contribution in [2.75, 3.05) is 18.9 Å². The van der Waals surface area contributed by atoms with E-state index in [9.17, 15) is 13.2 Å². The van der Waals surface area contributed by atoms with Crippen molar-refractivity contribution in [3.8, 4) is 5.75 Å². The van der Waals surface area contributed by atoms with E-state index in [-0.39, 0.29) is 10.8 Å². The molecule has 2 rings (SSSR count). The molecule has 1 aromatic carbocycles. The van der Waals surface area contributed by atoms with Crippen LogP contribution in [-0.4, -0.2) is 42.5 Å². The van der Waals surface area contributed by atoms with Crippen molar-refractivity contribution in [3.05, 3.63) is 24.3 Å². The molecule has 0 atom stereocenters. The van der Waals surface area contributed by atoms with E-state index in [1.807, 2.05) is 0 Å². The summed E-state index contributed by atoms with van der Waals surface area (Å²) < 4.78 is 33.6. The zero-order chi connectivity index (χ0) is 15.5. The minimum Gasteiger partial charge on any atom is -0.497 e. The Kier molecular flexibility index (Phi) is 5.17. The highest BCUT2D eigenvalue weighted by atomic mass is 32.2. The molecule has 1 aromatic rings. The van der Waals surface area contributed by atoms with Gasteiger partial charge in [0.2, 0.25) is 5.91 Å². The van der Waals surface area contributed by atoms with E-state index in [1.54, 1.807) is 17.0 Å². The fraction of sp³-hybridized carbons (Fsp3) is 0.333. The molecule has 1 amide bonds. The summed E-state index contributed by atoms with van der Waals surface area (Å²) in [6.45, 7) is 1.48. The van der Waals surface area contributed by atoms with Crippen molar-refractivity contribution in [2.24, 2.45) is 4.40 Å². The van der Waals surface area contributed by atoms with E-state index in [0.29, 0.717) is 21.9 Å². The third-order valence-electron chi connectivity index (χ3n) is 2.69. The molecule has 0 radical (unpaired) electrons. The largest absolute Gasteiger partial charge is 0.497 e. The van der Waals surface area contributed by atoms with Crippen molar-refractivity contribution >= 4 is 43.8 Å². The van der Waals surface area contributed by atoms with Crippen LogP contribution < -0.4 is 4.74 Å². The average Bonchev–Trinajstić information content (AvgIpc) is 2.47. The number of hydrogen-bond donors (Lipinski definition) is 0. The maximum Gasteiger partial charge on any atom is 0.283 e. The Morgan fingerprint density at radius 3 is 2.29 bits per heavy atom. The molecule has 0 spiro atoms. The summed E-state index contributed by atoms with van der Waals surface area (Å²) in [5.41, 5.74) is 0. The number of benzene rings is 1. The van der Waals surface area contributed by atoms with Gasteiger partial charge in [-0.05, 0) is 24.3 Å². The molecule has 21 heavy (non-hydrogen) atoms. The Hall–Kier alpha value is -1.19. The smallest absolute Gasteiger partial charge is 0.283 e. The minimum absolute atomic E-state index is 0.0351. The van der Waals surface area contributed by atoms with Crippen LogP contribution in [0.1, 0.15) is 6.92 Å². The van der Waals surface area contributed by atoms with E-state index < -0.39 is 10.0 Å². The van der Waals surface area contributed by atoms with Gasteiger partial charge < -0.3 is 9.64 Å². The third kappa shape index (κ3) is 4.14. The molecule has 0 N–H and O–H groups in total. The summed E-state index contributed by atoms with van der Waals surface area (Å²) in [5, 5.41) is 0. The highest BCUT2D eigenvalue weighted by Crippen LogP contribution is 2.28. The number of thioether (sulfide) groups is 2. The number of nitrogens with zero attached hydrogens (tertiary/aromatic N) is 2. The van der Waals surface area contributed by atoms with Crippen LogP contribution in [0.3, 0.4) is 0 Å². The molecule has 1 heterocycles. The van der Waals surface area contributed by atoms with Gasteiger partial charge in [0, 0.05) is 6.92 Å². The number of hydrogen-bond acceptors (Lipinski definition) is 6. The van der Waals surface area contributed by atoms with Gasteiger partial charge >= 0.3 is 0 Å². The van der Waals surface area contributed by atoms with Gasteiger partial charge in [0.05, 0.1) is 23.8 Å². The molecule has 9 heteroatoms. The summed E-state index contributed by atoms with van der Waals surface area (Å²) in [5.74, 6) is 1.38. The molecule has 0 unspecified atom stereocenters. The maximum atomic E-state index is 12.2. The summed E-state index contributed by atoms with van der Waals surface area (Å²) in [6.07, 6.45) is 0. The fourth-order valence-electron chi connectivity index (χ4n) is 1.48. The van der Waals surface area contributed by atoms with Gasteiger partial charge in [0.1, 0.15) is 10.1 Å². The second-order valence-electron chi connectivity index (χ2n) is 4.11. The molecule has 1 aliphatic heterocycles. The van der Waals surface area contributed by atoms with E-state index in [4.69, 9.17) is 4.74 Å². The first kappa shape index (κ1) is 16.2. The molecule has 0 bridgehead atoms. The molecule has 1 aliphatic rings. The Morgan fingerprint density at radius 2 is 1.81 bits per heavy atom. The van der Waals surface area contributed by atoms with Crippen LogP contribution in [-0.2, 0) is 14.8 Å². The van der Waals surface area contributed by atoms with E-state index in [1.165, 1.54) is 49.7 Å². The van der Waals surface area contributed by atoms with E-state index in [0.717, 1.165) is 0 Å². The normalized spacial score (nSPS) is 15.7. The van der Waals surface area contributed by atoms with Crippen molar-refractivity contribution in [1.82, 2.24) is 4.90 Å². The summed E-state index contributed by atoms with van der Waals surface area (Å²) in [7, 11) is -2.22. The van der Waals surface area contributed by atoms with Gasteiger partial charge in [-0.3, -0.25) is 4.79 Å². The minimum atomic E-state index is -3.74. The molecule has 0 aromatic heterocycles. The van der Waals surface area contributed by atoms with Crippen molar-refractivity contribution in [3.63, 3.8) is 0 Å². The van der Waals surface area contributed by atoms with Crippen molar-refractivity contribution < 1.29 is 17.9 Å². The first-order valence-electron chi connectivity index (χ1n) is 5.92. The summed E-state index contributed by atoms with van der Waals surface area (Å²) in [6, 6.07) is 6.06. The predicted octanol–water partition coefficient (Wildman–Crippen LogP) is 1.98. The maximum absolute atomic E-state index is 12.2. The van der Waals surface area contributed by atoms with Crippen LogP contribution in [0.15, 0.2) is 33.6 Å². The number of rotatable bonds is 3. The van der Waals surface area contributed by atoms with Gasteiger partial charge in [-0.1, -0.05) is 23.5 Å². The van der Waals surface area contributed by atoms with Gasteiger partial charge in [-0.15, -0.1) is 4.40 Å². The van der Waals surface area contributed by atoms with Crippen LogP contribution in [0.5, 0.6) is 5.75 Å². The van der Waals surface area contributed by atoms with Gasteiger partial charge in [0.15, 0.2) is 0 Å². The molecule has 6 nitrogen and oxygen atoms in total. The predicted molar refractivity (Wildman–Crippen MR) is 85.1 cm³/mol. The zero-order valence-corrected chi connectivity index (χ0v) is 13.9. The monoisotopic (exact) mass is 346 g/mol. The van der Waals surface area contributed by atoms with Crippen molar-refractivity contribution in [1.29, 1.82) is 0 Å². The number of carbonyl (C=O) groups is 1. The lowest BCUT2D eigenvalue weighted by atomic mass is 10.3. The lowest BCUT2D eigenvalue weighted by Crippen LogP contribution is -2.31. The van der Waals surface area contributed by atoms with Gasteiger partial charge in [-0.25, -0.2) is 0 Å². The van der Waals surface area contributed by atoms with E-state index in [2.05, 4.69) is 4.40 Å². The average molecular weight is 346 g/mol. The first-order chi connectivity index (χ1) is 9.92. The molecule has 1 saturated heterocycles. The molecule has 114 valence electrons. The second kappa shape index (κ2) is 6.71. The van der Waals surface area contributed by atoms with Crippen LogP contribution in [0, 0.1) is 0 Å². The summed E-state index contributed by atoms with van der Waals surface area (Å²) >= 11 is 2.49. The Morgan fingerprint density at radius 1 is 1.24 bits per heavy atom. The second-order valence-corrected chi connectivity index (χ2v) is 7.84. The molecule has 0 saturated carbocycles. The van der Waals surface area contributed by atoms with Crippen molar-refractivity contribution in [2.45, 2.75) is 11.8 Å². The number of methoxy groups -OCH3 is 1. The number of sulfonamides is 1. The number of ether oxygens (including phenoxy) is 1. The summed E-state index contributed by atoms with van der Waals surface area (Å²) in [4.78, 5) is 12.9. The standard InChI is InChI=1S/C12H14N2O4S3/c1-9(15)14-7-19-12(20-8-14)13-21(16,17)11-5-3-10(18-2)4-6-11/h3-6H,7-8H2,1-2H3. The number of carbonyl (C=O) groups excluding carboxylic acids is 1. The molecular formula is C12H14N2O4S3. The lowest BCUT2D eigenvalue weighted by Gasteiger charge is -2.24. The number of amides is 1. The molecular weight excluding hydrogens is 332 g/mol. The van der Waals surface area contributed by atoms with Crippen LogP contribution >= 0.6 is 23.5 Å². The van der Waals surface area contributed by atoms with Crippen LogP contribution in [0.25, 0.3) is 0 Å². The lowest BCUT2D eigenvalue weighted by molar-refractivity contribution is -0.126. The Bertz CT molecular complexity index is 646. The SMILES string of the molecule is COc1ccc(S(=O)(=O)N=C2SCN(C(C)=O)CS2)cc1. The van der Waals surface area contributed by atoms with Crippen LogP contribution in [0.4, 0.5) is 0 Å². The first-order valence-corrected chi connectivity index (χ1v) is 9.33. The Balaban J connectivity index is 2.13. The molecule has 0 aliphatic carbocycles. The Labute approximate surface area is 132 Å². The topological polar surface area (TPSA) is 76.0 Å². The zero-order valence-electron chi connectivity index (χ0n) is 11.5. The van der Waals surface area contributed by atoms with Gasteiger partial charge in [-0.2, -0.15) is 8.42 Å². The third-order valence-corrected chi connectivity index (χ3v) is 6.47.